The minimum atomic E-state index is -0.596. The molecule has 106 valence electrons. The van der Waals surface area contributed by atoms with Crippen LogP contribution in [-0.2, 0) is 12.8 Å². The predicted molar refractivity (Wildman–Crippen MR) is 75.9 cm³/mol. The number of halogens is 2. The van der Waals surface area contributed by atoms with Crippen molar-refractivity contribution in [3.63, 3.8) is 0 Å². The summed E-state index contributed by atoms with van der Waals surface area (Å²) in [7, 11) is 0. The van der Waals surface area contributed by atoms with Gasteiger partial charge in [-0.2, -0.15) is 0 Å². The maximum atomic E-state index is 13.3. The Morgan fingerprint density at radius 1 is 1.00 bits per heavy atom. The first kappa shape index (κ1) is 14.6. The SMILES string of the molecule is CCc1ccc(CC(NN)c2cc(F)cc(F)c2)cc1. The molecule has 2 aromatic carbocycles. The zero-order valence-corrected chi connectivity index (χ0v) is 11.4. The maximum Gasteiger partial charge on any atom is 0.126 e. The van der Waals surface area contributed by atoms with E-state index in [1.54, 1.807) is 0 Å². The van der Waals surface area contributed by atoms with E-state index < -0.39 is 11.6 Å². The molecule has 0 bridgehead atoms. The minimum absolute atomic E-state index is 0.326. The van der Waals surface area contributed by atoms with Crippen LogP contribution in [-0.4, -0.2) is 0 Å². The van der Waals surface area contributed by atoms with Crippen LogP contribution in [0.2, 0.25) is 0 Å². The molecule has 4 heteroatoms. The van der Waals surface area contributed by atoms with Crippen LogP contribution in [0.5, 0.6) is 0 Å². The molecule has 0 saturated heterocycles. The van der Waals surface area contributed by atoms with Crippen LogP contribution in [0.3, 0.4) is 0 Å². The topological polar surface area (TPSA) is 38.0 Å². The van der Waals surface area contributed by atoms with E-state index in [1.165, 1.54) is 17.7 Å². The lowest BCUT2D eigenvalue weighted by Crippen LogP contribution is -2.29. The second-order valence-electron chi connectivity index (χ2n) is 4.80. The van der Waals surface area contributed by atoms with Crippen molar-refractivity contribution in [2.45, 2.75) is 25.8 Å². The summed E-state index contributed by atoms with van der Waals surface area (Å²) in [4.78, 5) is 0. The Morgan fingerprint density at radius 3 is 2.05 bits per heavy atom. The van der Waals surface area contributed by atoms with E-state index in [1.807, 2.05) is 12.1 Å². The highest BCUT2D eigenvalue weighted by molar-refractivity contribution is 5.27. The van der Waals surface area contributed by atoms with Gasteiger partial charge in [0.1, 0.15) is 11.6 Å². The Kier molecular flexibility index (Phi) is 4.82. The van der Waals surface area contributed by atoms with Gasteiger partial charge in [-0.3, -0.25) is 11.3 Å². The van der Waals surface area contributed by atoms with Crippen molar-refractivity contribution >= 4 is 0 Å². The second-order valence-corrected chi connectivity index (χ2v) is 4.80. The zero-order valence-electron chi connectivity index (χ0n) is 11.4. The Hall–Kier alpha value is -1.78. The number of aryl methyl sites for hydroxylation is 1. The number of rotatable bonds is 5. The van der Waals surface area contributed by atoms with E-state index in [-0.39, 0.29) is 6.04 Å². The molecule has 0 aromatic heterocycles. The van der Waals surface area contributed by atoms with E-state index in [4.69, 9.17) is 5.84 Å². The maximum absolute atomic E-state index is 13.3. The normalized spacial score (nSPS) is 12.4. The van der Waals surface area contributed by atoms with Gasteiger partial charge in [-0.1, -0.05) is 31.2 Å². The fourth-order valence-electron chi connectivity index (χ4n) is 2.20. The quantitative estimate of drug-likeness (QED) is 0.649. The van der Waals surface area contributed by atoms with Crippen molar-refractivity contribution in [2.75, 3.05) is 0 Å². The molecule has 0 amide bonds. The summed E-state index contributed by atoms with van der Waals surface area (Å²) >= 11 is 0. The largest absolute Gasteiger partial charge is 0.271 e. The molecule has 1 unspecified atom stereocenters. The zero-order chi connectivity index (χ0) is 14.5. The smallest absolute Gasteiger partial charge is 0.126 e. The van der Waals surface area contributed by atoms with E-state index in [0.717, 1.165) is 18.1 Å². The van der Waals surface area contributed by atoms with Crippen molar-refractivity contribution in [3.8, 4) is 0 Å². The monoisotopic (exact) mass is 276 g/mol. The molecule has 3 N–H and O–H groups in total. The van der Waals surface area contributed by atoms with E-state index in [2.05, 4.69) is 24.5 Å². The molecule has 0 radical (unpaired) electrons. The molecule has 0 aliphatic carbocycles. The van der Waals surface area contributed by atoms with Crippen molar-refractivity contribution in [1.29, 1.82) is 0 Å². The average Bonchev–Trinajstić information content (AvgIpc) is 2.44. The highest BCUT2D eigenvalue weighted by atomic mass is 19.1. The van der Waals surface area contributed by atoms with Crippen molar-refractivity contribution in [3.05, 3.63) is 70.8 Å². The lowest BCUT2D eigenvalue weighted by atomic mass is 9.98. The molecule has 1 atom stereocenters. The van der Waals surface area contributed by atoms with E-state index >= 15 is 0 Å². The fraction of sp³-hybridized carbons (Fsp3) is 0.250. The van der Waals surface area contributed by atoms with Gasteiger partial charge in [0.2, 0.25) is 0 Å². The number of nitrogens with two attached hydrogens (primary N) is 1. The van der Waals surface area contributed by atoms with Gasteiger partial charge in [0.05, 0.1) is 6.04 Å². The molecule has 2 rings (SSSR count). The highest BCUT2D eigenvalue weighted by Gasteiger charge is 2.13. The van der Waals surface area contributed by atoms with Crippen LogP contribution in [0.15, 0.2) is 42.5 Å². The van der Waals surface area contributed by atoms with E-state index in [9.17, 15) is 8.78 Å². The first-order valence-electron chi connectivity index (χ1n) is 6.62. The summed E-state index contributed by atoms with van der Waals surface area (Å²) in [6.45, 7) is 2.09. The number of hydrazine groups is 1. The molecular weight excluding hydrogens is 258 g/mol. The highest BCUT2D eigenvalue weighted by Crippen LogP contribution is 2.20. The van der Waals surface area contributed by atoms with Crippen LogP contribution < -0.4 is 11.3 Å². The molecule has 2 nitrogen and oxygen atoms in total. The Balaban J connectivity index is 2.19. The summed E-state index contributed by atoms with van der Waals surface area (Å²) in [5, 5.41) is 0. The summed E-state index contributed by atoms with van der Waals surface area (Å²) in [5.74, 6) is 4.32. The lowest BCUT2D eigenvalue weighted by molar-refractivity contribution is 0.530. The van der Waals surface area contributed by atoms with Gasteiger partial charge in [0.25, 0.3) is 0 Å². The summed E-state index contributed by atoms with van der Waals surface area (Å²) in [5.41, 5.74) is 5.44. The Bertz CT molecular complexity index is 547. The first-order chi connectivity index (χ1) is 9.62. The van der Waals surface area contributed by atoms with Crippen molar-refractivity contribution in [1.82, 2.24) is 5.43 Å². The third kappa shape index (κ3) is 3.62. The van der Waals surface area contributed by atoms with Crippen LogP contribution in [0.1, 0.15) is 29.7 Å². The van der Waals surface area contributed by atoms with Gasteiger partial charge >= 0.3 is 0 Å². The van der Waals surface area contributed by atoms with Gasteiger partial charge in [-0.05, 0) is 41.7 Å². The standard InChI is InChI=1S/C16H18F2N2/c1-2-11-3-5-12(6-4-11)7-16(20-19)13-8-14(17)10-15(18)9-13/h3-6,8-10,16,20H,2,7,19H2,1H3. The van der Waals surface area contributed by atoms with Gasteiger partial charge < -0.3 is 0 Å². The third-order valence-corrected chi connectivity index (χ3v) is 3.36. The summed E-state index contributed by atoms with van der Waals surface area (Å²) in [6.07, 6.45) is 1.55. The van der Waals surface area contributed by atoms with Gasteiger partial charge in [0, 0.05) is 6.07 Å². The second kappa shape index (κ2) is 6.59. The van der Waals surface area contributed by atoms with Crippen molar-refractivity contribution < 1.29 is 8.78 Å². The van der Waals surface area contributed by atoms with Crippen LogP contribution in [0.4, 0.5) is 8.78 Å². The van der Waals surface area contributed by atoms with Crippen LogP contribution in [0, 0.1) is 11.6 Å². The third-order valence-electron chi connectivity index (χ3n) is 3.36. The first-order valence-corrected chi connectivity index (χ1v) is 6.62. The summed E-state index contributed by atoms with van der Waals surface area (Å²) in [6, 6.07) is 11.3. The molecule has 2 aromatic rings. The van der Waals surface area contributed by atoms with Crippen LogP contribution >= 0.6 is 0 Å². The summed E-state index contributed by atoms with van der Waals surface area (Å²) < 4.78 is 26.5. The predicted octanol–water partition coefficient (Wildman–Crippen LogP) is 3.27. The molecule has 0 heterocycles. The number of nitrogens with one attached hydrogen (secondary N) is 1. The lowest BCUT2D eigenvalue weighted by Gasteiger charge is -2.17. The average molecular weight is 276 g/mol. The minimum Gasteiger partial charge on any atom is -0.271 e. The Morgan fingerprint density at radius 2 is 1.55 bits per heavy atom. The van der Waals surface area contributed by atoms with E-state index in [0.29, 0.717) is 12.0 Å². The Labute approximate surface area is 117 Å². The van der Waals surface area contributed by atoms with Gasteiger partial charge in [0.15, 0.2) is 0 Å². The number of benzene rings is 2. The van der Waals surface area contributed by atoms with Gasteiger partial charge in [-0.25, -0.2) is 8.78 Å². The molecule has 20 heavy (non-hydrogen) atoms. The fourth-order valence-corrected chi connectivity index (χ4v) is 2.20. The number of hydrogen-bond acceptors (Lipinski definition) is 2. The number of hydrogen-bond donors (Lipinski definition) is 2. The van der Waals surface area contributed by atoms with Crippen LogP contribution in [0.25, 0.3) is 0 Å². The molecule has 0 saturated carbocycles. The van der Waals surface area contributed by atoms with Gasteiger partial charge in [-0.15, -0.1) is 0 Å². The van der Waals surface area contributed by atoms with Crippen molar-refractivity contribution in [2.24, 2.45) is 5.84 Å². The molecule has 0 aliphatic heterocycles. The molecule has 0 spiro atoms. The molecule has 0 aliphatic rings. The molecule has 0 fully saturated rings. The molecular formula is C16H18F2N2.